The molecule has 0 aliphatic carbocycles. The fourth-order valence-corrected chi connectivity index (χ4v) is 3.22. The first kappa shape index (κ1) is 15.5. The first-order valence-corrected chi connectivity index (χ1v) is 8.48. The van der Waals surface area contributed by atoms with Gasteiger partial charge in [0, 0.05) is 41.7 Å². The van der Waals surface area contributed by atoms with Crippen molar-refractivity contribution in [2.75, 3.05) is 18.0 Å². The quantitative estimate of drug-likeness (QED) is 0.813. The molecule has 0 spiro atoms. The molecule has 0 fully saturated rings. The van der Waals surface area contributed by atoms with Crippen molar-refractivity contribution >= 4 is 32.4 Å². The molecule has 0 atom stereocenters. The van der Waals surface area contributed by atoms with E-state index in [0.717, 1.165) is 35.8 Å². The Morgan fingerprint density at radius 1 is 1.15 bits per heavy atom. The van der Waals surface area contributed by atoms with Crippen LogP contribution in [-0.2, 0) is 13.1 Å². The third kappa shape index (κ3) is 4.30. The van der Waals surface area contributed by atoms with Crippen LogP contribution >= 0.6 is 27.3 Å². The van der Waals surface area contributed by atoms with E-state index in [1.54, 1.807) is 11.3 Å². The summed E-state index contributed by atoms with van der Waals surface area (Å²) in [5, 5.41) is 4.58. The smallest absolute Gasteiger partial charge is 0.185 e. The van der Waals surface area contributed by atoms with E-state index in [1.165, 1.54) is 10.4 Å². The monoisotopic (exact) mass is 353 g/mol. The van der Waals surface area contributed by atoms with E-state index < -0.39 is 0 Å². The van der Waals surface area contributed by atoms with Gasteiger partial charge in [-0.15, -0.1) is 11.3 Å². The molecule has 3 nitrogen and oxygen atoms in total. The fourth-order valence-electron chi connectivity index (χ4n) is 1.95. The molecule has 0 amide bonds. The van der Waals surface area contributed by atoms with Gasteiger partial charge < -0.3 is 10.2 Å². The molecule has 2 rings (SSSR count). The van der Waals surface area contributed by atoms with Crippen LogP contribution in [-0.4, -0.2) is 18.1 Å². The summed E-state index contributed by atoms with van der Waals surface area (Å²) in [6.07, 6.45) is 1.98. The van der Waals surface area contributed by atoms with Crippen molar-refractivity contribution in [1.82, 2.24) is 10.3 Å². The minimum atomic E-state index is 0.870. The Morgan fingerprint density at radius 2 is 1.85 bits per heavy atom. The molecule has 5 heteroatoms. The maximum Gasteiger partial charge on any atom is 0.185 e. The average molecular weight is 354 g/mol. The molecular formula is C15H20BrN3S. The Hall–Kier alpha value is -0.910. The van der Waals surface area contributed by atoms with Crippen LogP contribution in [0.3, 0.4) is 0 Å². The van der Waals surface area contributed by atoms with Crippen LogP contribution in [0.2, 0.25) is 0 Å². The van der Waals surface area contributed by atoms with Gasteiger partial charge >= 0.3 is 0 Å². The molecule has 0 aliphatic heterocycles. The maximum absolute atomic E-state index is 4.49. The van der Waals surface area contributed by atoms with E-state index in [1.807, 2.05) is 6.20 Å². The Morgan fingerprint density at radius 3 is 2.50 bits per heavy atom. The SMILES string of the molecule is CCN(CC)c1ncc(CNCc2ccc(Br)cc2)s1. The number of nitrogens with zero attached hydrogens (tertiary/aromatic N) is 2. The highest BCUT2D eigenvalue weighted by atomic mass is 79.9. The van der Waals surface area contributed by atoms with Gasteiger partial charge in [0.05, 0.1) is 0 Å². The normalized spacial score (nSPS) is 10.8. The van der Waals surface area contributed by atoms with E-state index in [0.29, 0.717) is 0 Å². The highest BCUT2D eigenvalue weighted by Gasteiger charge is 2.07. The average Bonchev–Trinajstić information content (AvgIpc) is 2.91. The zero-order valence-corrected chi connectivity index (χ0v) is 14.3. The Kier molecular flexibility index (Phi) is 6.01. The largest absolute Gasteiger partial charge is 0.349 e. The molecular weight excluding hydrogens is 334 g/mol. The van der Waals surface area contributed by atoms with Crippen LogP contribution < -0.4 is 10.2 Å². The second kappa shape index (κ2) is 7.76. The Balaban J connectivity index is 1.84. The first-order chi connectivity index (χ1) is 9.72. The lowest BCUT2D eigenvalue weighted by molar-refractivity contribution is 0.700. The van der Waals surface area contributed by atoms with Crippen molar-refractivity contribution in [2.24, 2.45) is 0 Å². The predicted octanol–water partition coefficient (Wildman–Crippen LogP) is 4.04. The summed E-state index contributed by atoms with van der Waals surface area (Å²) >= 11 is 5.22. The standard InChI is InChI=1S/C15H20BrN3S/c1-3-19(4-2)15-18-11-14(20-15)10-17-9-12-5-7-13(16)8-6-12/h5-8,11,17H,3-4,9-10H2,1-2H3. The third-order valence-corrected chi connectivity index (χ3v) is 4.70. The fraction of sp³-hybridized carbons (Fsp3) is 0.400. The van der Waals surface area contributed by atoms with Gasteiger partial charge in [-0.1, -0.05) is 28.1 Å². The van der Waals surface area contributed by atoms with Crippen LogP contribution in [0.5, 0.6) is 0 Å². The summed E-state index contributed by atoms with van der Waals surface area (Å²) in [6, 6.07) is 8.40. The zero-order chi connectivity index (χ0) is 14.4. The van der Waals surface area contributed by atoms with Crippen molar-refractivity contribution in [1.29, 1.82) is 0 Å². The van der Waals surface area contributed by atoms with Gasteiger partial charge in [0.15, 0.2) is 5.13 Å². The van der Waals surface area contributed by atoms with Gasteiger partial charge in [0.25, 0.3) is 0 Å². The molecule has 0 radical (unpaired) electrons. The van der Waals surface area contributed by atoms with Crippen LogP contribution in [0, 0.1) is 0 Å². The van der Waals surface area contributed by atoms with Gasteiger partial charge in [-0.25, -0.2) is 4.98 Å². The van der Waals surface area contributed by atoms with E-state index in [-0.39, 0.29) is 0 Å². The van der Waals surface area contributed by atoms with Gasteiger partial charge in [-0.05, 0) is 31.5 Å². The molecule has 0 aliphatic rings. The predicted molar refractivity (Wildman–Crippen MR) is 90.4 cm³/mol. The summed E-state index contributed by atoms with van der Waals surface area (Å²) in [7, 11) is 0. The second-order valence-electron chi connectivity index (χ2n) is 4.51. The van der Waals surface area contributed by atoms with Gasteiger partial charge in [0.1, 0.15) is 0 Å². The van der Waals surface area contributed by atoms with Crippen LogP contribution in [0.25, 0.3) is 0 Å². The number of thiazole rings is 1. The lowest BCUT2D eigenvalue weighted by Gasteiger charge is -2.16. The summed E-state index contributed by atoms with van der Waals surface area (Å²) < 4.78 is 1.12. The topological polar surface area (TPSA) is 28.2 Å². The van der Waals surface area contributed by atoms with Crippen molar-refractivity contribution < 1.29 is 0 Å². The maximum atomic E-state index is 4.49. The minimum Gasteiger partial charge on any atom is -0.349 e. The molecule has 1 aromatic heterocycles. The zero-order valence-electron chi connectivity index (χ0n) is 11.9. The van der Waals surface area contributed by atoms with Crippen molar-refractivity contribution in [2.45, 2.75) is 26.9 Å². The highest BCUT2D eigenvalue weighted by molar-refractivity contribution is 9.10. The van der Waals surface area contributed by atoms with E-state index >= 15 is 0 Å². The van der Waals surface area contributed by atoms with Crippen LogP contribution in [0.15, 0.2) is 34.9 Å². The number of rotatable bonds is 7. The number of nitrogens with one attached hydrogen (secondary N) is 1. The van der Waals surface area contributed by atoms with Gasteiger partial charge in [-0.2, -0.15) is 0 Å². The highest BCUT2D eigenvalue weighted by Crippen LogP contribution is 2.22. The van der Waals surface area contributed by atoms with Gasteiger partial charge in [0.2, 0.25) is 0 Å². The second-order valence-corrected chi connectivity index (χ2v) is 6.52. The lowest BCUT2D eigenvalue weighted by Crippen LogP contribution is -2.21. The molecule has 0 bridgehead atoms. The number of hydrogen-bond acceptors (Lipinski definition) is 4. The summed E-state index contributed by atoms with van der Waals surface area (Å²) in [6.45, 7) is 8.10. The molecule has 1 heterocycles. The molecule has 0 saturated heterocycles. The summed E-state index contributed by atoms with van der Waals surface area (Å²) in [5.74, 6) is 0. The van der Waals surface area contributed by atoms with Crippen LogP contribution in [0.1, 0.15) is 24.3 Å². The number of hydrogen-bond donors (Lipinski definition) is 1. The summed E-state index contributed by atoms with van der Waals surface area (Å²) in [5.41, 5.74) is 1.29. The minimum absolute atomic E-state index is 0.870. The molecule has 20 heavy (non-hydrogen) atoms. The molecule has 0 saturated carbocycles. The van der Waals surface area contributed by atoms with E-state index in [2.05, 4.69) is 69.2 Å². The Labute approximate surface area is 133 Å². The molecule has 1 N–H and O–H groups in total. The van der Waals surface area contributed by atoms with Gasteiger partial charge in [-0.3, -0.25) is 0 Å². The molecule has 0 unspecified atom stereocenters. The van der Waals surface area contributed by atoms with Crippen molar-refractivity contribution in [3.05, 3.63) is 45.4 Å². The summed E-state index contributed by atoms with van der Waals surface area (Å²) in [4.78, 5) is 8.06. The Bertz CT molecular complexity index is 520. The van der Waals surface area contributed by atoms with E-state index in [9.17, 15) is 0 Å². The van der Waals surface area contributed by atoms with Crippen LogP contribution in [0.4, 0.5) is 5.13 Å². The number of benzene rings is 1. The molecule has 2 aromatic rings. The first-order valence-electron chi connectivity index (χ1n) is 6.87. The van der Waals surface area contributed by atoms with Crippen molar-refractivity contribution in [3.8, 4) is 0 Å². The number of halogens is 1. The van der Waals surface area contributed by atoms with Crippen molar-refractivity contribution in [3.63, 3.8) is 0 Å². The molecule has 108 valence electrons. The van der Waals surface area contributed by atoms with E-state index in [4.69, 9.17) is 0 Å². The number of anilines is 1. The number of aromatic nitrogens is 1. The third-order valence-electron chi connectivity index (χ3n) is 3.12. The molecule has 1 aromatic carbocycles. The lowest BCUT2D eigenvalue weighted by atomic mass is 10.2.